The maximum atomic E-state index is 2.46. The number of rotatable bonds is 8. The van der Waals surface area contributed by atoms with E-state index < -0.39 is 0 Å². The lowest BCUT2D eigenvalue weighted by atomic mass is 10.0. The zero-order valence-corrected chi connectivity index (χ0v) is 17.7. The average molecular weight is 353 g/mol. The first-order chi connectivity index (χ1) is 12.3. The van der Waals surface area contributed by atoms with Gasteiger partial charge in [-0.3, -0.25) is 0 Å². The molecule has 2 rings (SSSR count). The van der Waals surface area contributed by atoms with Crippen LogP contribution in [0.15, 0.2) is 48.5 Å². The monoisotopic (exact) mass is 352 g/mol. The van der Waals surface area contributed by atoms with Gasteiger partial charge in [0.1, 0.15) is 0 Å². The summed E-state index contributed by atoms with van der Waals surface area (Å²) >= 11 is 0. The van der Waals surface area contributed by atoms with Crippen molar-refractivity contribution in [2.45, 2.75) is 73.0 Å². The van der Waals surface area contributed by atoms with Crippen molar-refractivity contribution in [3.05, 3.63) is 59.7 Å². The van der Waals surface area contributed by atoms with Gasteiger partial charge in [0.25, 0.3) is 0 Å². The first kappa shape index (κ1) is 20.4. The molecule has 0 atom stereocenters. The van der Waals surface area contributed by atoms with Crippen LogP contribution in [-0.2, 0) is 6.42 Å². The van der Waals surface area contributed by atoms with Crippen LogP contribution >= 0.6 is 0 Å². The zero-order valence-electron chi connectivity index (χ0n) is 17.7. The van der Waals surface area contributed by atoms with Gasteiger partial charge in [-0.15, -0.1) is 0 Å². The molecule has 142 valence electrons. The van der Waals surface area contributed by atoms with E-state index in [1.165, 1.54) is 22.5 Å². The summed E-state index contributed by atoms with van der Waals surface area (Å²) in [6, 6.07) is 19.7. The molecule has 0 aliphatic heterocycles. The highest BCUT2D eigenvalue weighted by Gasteiger charge is 2.14. The molecule has 0 saturated carbocycles. The summed E-state index contributed by atoms with van der Waals surface area (Å²) in [7, 11) is 0. The highest BCUT2D eigenvalue weighted by molar-refractivity contribution is 5.51. The van der Waals surface area contributed by atoms with E-state index in [1.807, 2.05) is 0 Å². The van der Waals surface area contributed by atoms with Crippen LogP contribution in [0, 0.1) is 0 Å². The third-order valence-corrected chi connectivity index (χ3v) is 4.99. The summed E-state index contributed by atoms with van der Waals surface area (Å²) in [6.07, 6.45) is 0.984. The van der Waals surface area contributed by atoms with E-state index in [0.717, 1.165) is 13.0 Å². The summed E-state index contributed by atoms with van der Waals surface area (Å²) in [6.45, 7) is 16.8. The van der Waals surface area contributed by atoms with Gasteiger partial charge >= 0.3 is 0 Å². The molecule has 0 aromatic heterocycles. The van der Waals surface area contributed by atoms with E-state index in [1.54, 1.807) is 0 Å². The second-order valence-electron chi connectivity index (χ2n) is 7.98. The minimum absolute atomic E-state index is 0.510. The van der Waals surface area contributed by atoms with Crippen LogP contribution < -0.4 is 9.80 Å². The Morgan fingerprint density at radius 2 is 1.04 bits per heavy atom. The number of anilines is 2. The summed E-state index contributed by atoms with van der Waals surface area (Å²) in [4.78, 5) is 4.88. The Morgan fingerprint density at radius 3 is 1.38 bits per heavy atom. The first-order valence-electron chi connectivity index (χ1n) is 10.1. The summed E-state index contributed by atoms with van der Waals surface area (Å²) in [5, 5.41) is 0. The van der Waals surface area contributed by atoms with Crippen molar-refractivity contribution in [1.29, 1.82) is 0 Å². The topological polar surface area (TPSA) is 6.48 Å². The molecule has 0 radical (unpaired) electrons. The highest BCUT2D eigenvalue weighted by Crippen LogP contribution is 2.23. The van der Waals surface area contributed by atoms with Crippen molar-refractivity contribution >= 4 is 11.4 Å². The molecule has 0 aliphatic carbocycles. The van der Waals surface area contributed by atoms with Gasteiger partial charge in [0.05, 0.1) is 0 Å². The fourth-order valence-electron chi connectivity index (χ4n) is 3.87. The minimum atomic E-state index is 0.510. The van der Waals surface area contributed by atoms with Gasteiger partial charge < -0.3 is 9.80 Å². The lowest BCUT2D eigenvalue weighted by Crippen LogP contribution is -2.36. The number of hydrogen-bond donors (Lipinski definition) is 0. The molecule has 2 aromatic carbocycles. The molecule has 2 nitrogen and oxygen atoms in total. The van der Waals surface area contributed by atoms with Crippen LogP contribution in [0.5, 0.6) is 0 Å². The molecule has 2 heteroatoms. The maximum absolute atomic E-state index is 2.46. The number of nitrogens with zero attached hydrogens (tertiary/aromatic N) is 2. The molecule has 0 bridgehead atoms. The number of benzene rings is 2. The second kappa shape index (κ2) is 9.12. The molecule has 0 heterocycles. The second-order valence-corrected chi connectivity index (χ2v) is 7.98. The average Bonchev–Trinajstić information content (AvgIpc) is 2.58. The van der Waals surface area contributed by atoms with Crippen LogP contribution in [0.2, 0.25) is 0 Å². The van der Waals surface area contributed by atoms with Crippen molar-refractivity contribution in [3.8, 4) is 0 Å². The highest BCUT2D eigenvalue weighted by atomic mass is 15.2. The Hall–Kier alpha value is -1.96. The molecule has 0 spiro atoms. The normalized spacial score (nSPS) is 11.5. The summed E-state index contributed by atoms with van der Waals surface area (Å²) < 4.78 is 0. The third kappa shape index (κ3) is 5.03. The fourth-order valence-corrected chi connectivity index (χ4v) is 3.87. The van der Waals surface area contributed by atoms with Gasteiger partial charge in [-0.1, -0.05) is 24.3 Å². The lowest BCUT2D eigenvalue weighted by Gasteiger charge is -2.33. The minimum Gasteiger partial charge on any atom is -0.369 e. The Labute approximate surface area is 160 Å². The van der Waals surface area contributed by atoms with E-state index in [-0.39, 0.29) is 0 Å². The standard InChI is InChI=1S/C24H36N2/c1-8-25(18(2)3)23-13-9-21(10-14-23)17-22-11-15-24(16-12-22)26(19(4)5)20(6)7/h9-16,18-20H,8,17H2,1-7H3. The molecule has 0 fully saturated rings. The van der Waals surface area contributed by atoms with Crippen molar-refractivity contribution in [2.75, 3.05) is 16.3 Å². The van der Waals surface area contributed by atoms with E-state index in [4.69, 9.17) is 0 Å². The Balaban J connectivity index is 2.09. The van der Waals surface area contributed by atoms with Gasteiger partial charge in [0.15, 0.2) is 0 Å². The van der Waals surface area contributed by atoms with Gasteiger partial charge in [0, 0.05) is 36.0 Å². The molecule has 0 N–H and O–H groups in total. The van der Waals surface area contributed by atoms with E-state index >= 15 is 0 Å². The van der Waals surface area contributed by atoms with E-state index in [0.29, 0.717) is 18.1 Å². The third-order valence-electron chi connectivity index (χ3n) is 4.99. The van der Waals surface area contributed by atoms with Gasteiger partial charge in [-0.2, -0.15) is 0 Å². The predicted molar refractivity (Wildman–Crippen MR) is 117 cm³/mol. The van der Waals surface area contributed by atoms with E-state index in [2.05, 4.69) is 107 Å². The fraction of sp³-hybridized carbons (Fsp3) is 0.500. The molecular formula is C24H36N2. The van der Waals surface area contributed by atoms with Gasteiger partial charge in [-0.25, -0.2) is 0 Å². The molecule has 0 unspecified atom stereocenters. The van der Waals surface area contributed by atoms with Crippen LogP contribution in [0.25, 0.3) is 0 Å². The molecule has 0 aliphatic rings. The maximum Gasteiger partial charge on any atom is 0.0371 e. The first-order valence-corrected chi connectivity index (χ1v) is 10.1. The zero-order chi connectivity index (χ0) is 19.3. The predicted octanol–water partition coefficient (Wildman–Crippen LogP) is 6.14. The Bertz CT molecular complexity index is 646. The molecular weight excluding hydrogens is 316 g/mol. The van der Waals surface area contributed by atoms with E-state index in [9.17, 15) is 0 Å². The van der Waals surface area contributed by atoms with Crippen molar-refractivity contribution in [3.63, 3.8) is 0 Å². The number of hydrogen-bond acceptors (Lipinski definition) is 2. The van der Waals surface area contributed by atoms with Crippen LogP contribution in [0.3, 0.4) is 0 Å². The van der Waals surface area contributed by atoms with Crippen LogP contribution in [0.1, 0.15) is 59.6 Å². The molecule has 26 heavy (non-hydrogen) atoms. The van der Waals surface area contributed by atoms with Crippen molar-refractivity contribution < 1.29 is 0 Å². The van der Waals surface area contributed by atoms with Gasteiger partial charge in [-0.05, 0) is 90.3 Å². The summed E-state index contributed by atoms with van der Waals surface area (Å²) in [5.74, 6) is 0. The smallest absolute Gasteiger partial charge is 0.0371 e. The van der Waals surface area contributed by atoms with Crippen molar-refractivity contribution in [2.24, 2.45) is 0 Å². The molecule has 2 aromatic rings. The molecule has 0 saturated heterocycles. The Kier molecular flexibility index (Phi) is 7.14. The van der Waals surface area contributed by atoms with Crippen LogP contribution in [-0.4, -0.2) is 24.7 Å². The Morgan fingerprint density at radius 1 is 0.615 bits per heavy atom. The van der Waals surface area contributed by atoms with Crippen LogP contribution in [0.4, 0.5) is 11.4 Å². The quantitative estimate of drug-likeness (QED) is 0.563. The SMILES string of the molecule is CCN(c1ccc(Cc2ccc(N(C(C)C)C(C)C)cc2)cc1)C(C)C. The summed E-state index contributed by atoms with van der Waals surface area (Å²) in [5.41, 5.74) is 5.35. The van der Waals surface area contributed by atoms with Gasteiger partial charge in [0.2, 0.25) is 0 Å². The lowest BCUT2D eigenvalue weighted by molar-refractivity contribution is 0.608. The largest absolute Gasteiger partial charge is 0.369 e. The molecule has 0 amide bonds. The van der Waals surface area contributed by atoms with Crippen molar-refractivity contribution in [1.82, 2.24) is 0 Å².